The Hall–Kier alpha value is -1.59. The van der Waals surface area contributed by atoms with Crippen LogP contribution in [0.5, 0.6) is 0 Å². The predicted octanol–water partition coefficient (Wildman–Crippen LogP) is 2.90. The largest absolute Gasteiger partial charge is 0.474 e. The number of rotatable bonds is 2. The first-order chi connectivity index (χ1) is 8.38. The minimum Gasteiger partial charge on any atom is -0.474 e. The Kier molecular flexibility index (Phi) is 3.28. The van der Waals surface area contributed by atoms with E-state index < -0.39 is 11.9 Å². The fourth-order valence-electron chi connectivity index (χ4n) is 1.58. The van der Waals surface area contributed by atoms with Crippen LogP contribution in [0, 0.1) is 5.92 Å². The average molecular weight is 258 g/mol. The van der Waals surface area contributed by atoms with E-state index in [1.165, 1.54) is 12.1 Å². The molecular formula is C12H13F3N2O. The Morgan fingerprint density at radius 1 is 1.33 bits per heavy atom. The summed E-state index contributed by atoms with van der Waals surface area (Å²) < 4.78 is 42.9. The van der Waals surface area contributed by atoms with Gasteiger partial charge < -0.3 is 4.74 Å². The van der Waals surface area contributed by atoms with E-state index in [0.717, 1.165) is 6.07 Å². The van der Waals surface area contributed by atoms with Crippen molar-refractivity contribution in [3.8, 4) is 0 Å². The highest BCUT2D eigenvalue weighted by Crippen LogP contribution is 2.28. The minimum atomic E-state index is -4.45. The molecule has 1 aromatic heterocycles. The van der Waals surface area contributed by atoms with Gasteiger partial charge >= 0.3 is 6.18 Å². The number of aromatic nitrogens is 1. The molecule has 0 amide bonds. The van der Waals surface area contributed by atoms with Crippen LogP contribution in [0.25, 0.3) is 0 Å². The molecule has 18 heavy (non-hydrogen) atoms. The molecule has 1 aromatic rings. The van der Waals surface area contributed by atoms with Crippen LogP contribution >= 0.6 is 0 Å². The molecule has 1 aliphatic heterocycles. The number of pyridine rings is 1. The Morgan fingerprint density at radius 3 is 2.61 bits per heavy atom. The lowest BCUT2D eigenvalue weighted by Crippen LogP contribution is -2.13. The zero-order valence-corrected chi connectivity index (χ0v) is 10.0. The van der Waals surface area contributed by atoms with E-state index in [4.69, 9.17) is 4.74 Å². The van der Waals surface area contributed by atoms with E-state index in [1.807, 2.05) is 13.8 Å². The van der Waals surface area contributed by atoms with E-state index in [2.05, 4.69) is 9.98 Å². The fourth-order valence-corrected chi connectivity index (χ4v) is 1.58. The molecule has 0 N–H and O–H groups in total. The summed E-state index contributed by atoms with van der Waals surface area (Å²) in [5.74, 6) is 0.480. The lowest BCUT2D eigenvalue weighted by Gasteiger charge is -2.07. The predicted molar refractivity (Wildman–Crippen MR) is 60.4 cm³/mol. The van der Waals surface area contributed by atoms with Crippen LogP contribution in [-0.4, -0.2) is 23.5 Å². The molecule has 0 aromatic carbocycles. The van der Waals surface area contributed by atoms with Gasteiger partial charge in [0.15, 0.2) is 0 Å². The summed E-state index contributed by atoms with van der Waals surface area (Å²) >= 11 is 0. The molecule has 0 saturated carbocycles. The third-order valence-corrected chi connectivity index (χ3v) is 2.70. The quantitative estimate of drug-likeness (QED) is 0.817. The summed E-state index contributed by atoms with van der Waals surface area (Å²) in [6.07, 6.45) is -4.45. The van der Waals surface area contributed by atoms with Gasteiger partial charge in [0.1, 0.15) is 18.0 Å². The van der Waals surface area contributed by atoms with Gasteiger partial charge in [-0.3, -0.25) is 0 Å². The first-order valence-electron chi connectivity index (χ1n) is 5.63. The van der Waals surface area contributed by atoms with Gasteiger partial charge in [0.25, 0.3) is 0 Å². The molecule has 0 fully saturated rings. The summed E-state index contributed by atoms with van der Waals surface area (Å²) in [5.41, 5.74) is -0.799. The van der Waals surface area contributed by atoms with Crippen molar-refractivity contribution < 1.29 is 17.9 Å². The van der Waals surface area contributed by atoms with Crippen molar-refractivity contribution >= 4 is 5.90 Å². The van der Waals surface area contributed by atoms with E-state index >= 15 is 0 Å². The highest BCUT2D eigenvalue weighted by atomic mass is 19.4. The van der Waals surface area contributed by atoms with Gasteiger partial charge in [-0.1, -0.05) is 19.9 Å². The fraction of sp³-hybridized carbons (Fsp3) is 0.500. The van der Waals surface area contributed by atoms with Crippen molar-refractivity contribution in [2.75, 3.05) is 6.61 Å². The van der Waals surface area contributed by atoms with Crippen LogP contribution in [0.2, 0.25) is 0 Å². The van der Waals surface area contributed by atoms with Crippen LogP contribution in [0.3, 0.4) is 0 Å². The standard InChI is InChI=1S/C12H13F3N2O/c1-7(2)9-6-18-11(17-9)8-4-3-5-10(16-8)12(13,14)15/h3-5,7,9H,6H2,1-2H3/t9-/m1/s1. The molecule has 0 saturated heterocycles. The first-order valence-corrected chi connectivity index (χ1v) is 5.63. The Bertz CT molecular complexity index is 469. The normalized spacial score (nSPS) is 19.9. The SMILES string of the molecule is CC(C)[C@H]1COC(c2cccc(C(F)(F)F)n2)=N1. The van der Waals surface area contributed by atoms with Gasteiger partial charge in [0.2, 0.25) is 5.90 Å². The zero-order valence-electron chi connectivity index (χ0n) is 10.0. The van der Waals surface area contributed by atoms with Gasteiger partial charge in [-0.15, -0.1) is 0 Å². The van der Waals surface area contributed by atoms with E-state index in [-0.39, 0.29) is 23.6 Å². The van der Waals surface area contributed by atoms with Crippen LogP contribution in [0.15, 0.2) is 23.2 Å². The number of hydrogen-bond donors (Lipinski definition) is 0. The monoisotopic (exact) mass is 258 g/mol. The van der Waals surface area contributed by atoms with Crippen molar-refractivity contribution in [3.05, 3.63) is 29.6 Å². The average Bonchev–Trinajstić information content (AvgIpc) is 2.77. The van der Waals surface area contributed by atoms with Crippen molar-refractivity contribution in [1.82, 2.24) is 4.98 Å². The molecule has 0 radical (unpaired) electrons. The summed E-state index contributed by atoms with van der Waals surface area (Å²) in [4.78, 5) is 7.78. The number of nitrogens with zero attached hydrogens (tertiary/aromatic N) is 2. The summed E-state index contributed by atoms with van der Waals surface area (Å²) in [6.45, 7) is 4.37. The molecule has 0 aliphatic carbocycles. The van der Waals surface area contributed by atoms with Crippen LogP contribution in [0.4, 0.5) is 13.2 Å². The minimum absolute atomic E-state index is 0.0173. The molecule has 0 unspecified atom stereocenters. The lowest BCUT2D eigenvalue weighted by atomic mass is 10.1. The smallest absolute Gasteiger partial charge is 0.433 e. The van der Waals surface area contributed by atoms with Crippen LogP contribution in [-0.2, 0) is 10.9 Å². The van der Waals surface area contributed by atoms with Gasteiger partial charge in [-0.05, 0) is 18.1 Å². The summed E-state index contributed by atoms with van der Waals surface area (Å²) in [7, 11) is 0. The molecular weight excluding hydrogens is 245 g/mol. The molecule has 2 rings (SSSR count). The van der Waals surface area contributed by atoms with Crippen molar-refractivity contribution in [2.45, 2.75) is 26.1 Å². The van der Waals surface area contributed by atoms with Crippen molar-refractivity contribution in [2.24, 2.45) is 10.9 Å². The second-order valence-corrected chi connectivity index (χ2v) is 4.46. The maximum atomic E-state index is 12.5. The lowest BCUT2D eigenvalue weighted by molar-refractivity contribution is -0.141. The van der Waals surface area contributed by atoms with Crippen molar-refractivity contribution in [3.63, 3.8) is 0 Å². The summed E-state index contributed by atoms with van der Waals surface area (Å²) in [6, 6.07) is 3.69. The molecule has 3 nitrogen and oxygen atoms in total. The van der Waals surface area contributed by atoms with Gasteiger partial charge in [0.05, 0.1) is 6.04 Å². The third-order valence-electron chi connectivity index (χ3n) is 2.70. The van der Waals surface area contributed by atoms with Gasteiger partial charge in [0, 0.05) is 0 Å². The molecule has 2 heterocycles. The molecule has 1 aliphatic rings. The van der Waals surface area contributed by atoms with Gasteiger partial charge in [-0.25, -0.2) is 9.98 Å². The zero-order chi connectivity index (χ0) is 13.3. The van der Waals surface area contributed by atoms with E-state index in [0.29, 0.717) is 6.61 Å². The Balaban J connectivity index is 2.28. The number of aliphatic imine (C=N–C) groups is 1. The topological polar surface area (TPSA) is 34.5 Å². The second-order valence-electron chi connectivity index (χ2n) is 4.46. The van der Waals surface area contributed by atoms with E-state index in [1.54, 1.807) is 0 Å². The number of ether oxygens (including phenoxy) is 1. The molecule has 6 heteroatoms. The Labute approximate surface area is 103 Å². The van der Waals surface area contributed by atoms with E-state index in [9.17, 15) is 13.2 Å². The Morgan fingerprint density at radius 2 is 2.06 bits per heavy atom. The highest BCUT2D eigenvalue weighted by Gasteiger charge is 2.33. The number of hydrogen-bond acceptors (Lipinski definition) is 3. The number of halogens is 3. The number of alkyl halides is 3. The van der Waals surface area contributed by atoms with Crippen LogP contribution in [0.1, 0.15) is 25.2 Å². The molecule has 0 bridgehead atoms. The maximum absolute atomic E-state index is 12.5. The third kappa shape index (κ3) is 2.63. The van der Waals surface area contributed by atoms with Crippen molar-refractivity contribution in [1.29, 1.82) is 0 Å². The second kappa shape index (κ2) is 4.59. The molecule has 0 spiro atoms. The molecule has 98 valence electrons. The first kappa shape index (κ1) is 12.9. The maximum Gasteiger partial charge on any atom is 0.433 e. The van der Waals surface area contributed by atoms with Gasteiger partial charge in [-0.2, -0.15) is 13.2 Å². The van der Waals surface area contributed by atoms with Crippen LogP contribution < -0.4 is 0 Å². The highest BCUT2D eigenvalue weighted by molar-refractivity contribution is 5.93. The molecule has 1 atom stereocenters. The summed E-state index contributed by atoms with van der Waals surface area (Å²) in [5, 5.41) is 0.